The third kappa shape index (κ3) is 4.34. The maximum atomic E-state index is 12.3. The van der Waals surface area contributed by atoms with Gasteiger partial charge in [-0.15, -0.1) is 23.1 Å². The summed E-state index contributed by atoms with van der Waals surface area (Å²) in [6, 6.07) is 8.03. The van der Waals surface area contributed by atoms with Crippen LogP contribution in [0.3, 0.4) is 0 Å². The van der Waals surface area contributed by atoms with Crippen molar-refractivity contribution in [2.75, 3.05) is 24.7 Å². The highest BCUT2D eigenvalue weighted by Crippen LogP contribution is 2.31. The summed E-state index contributed by atoms with van der Waals surface area (Å²) in [7, 11) is 0. The summed E-state index contributed by atoms with van der Waals surface area (Å²) in [5.41, 5.74) is 1.06. The van der Waals surface area contributed by atoms with E-state index in [2.05, 4.69) is 15.6 Å². The molecular weight excluding hydrogens is 326 g/mol. The standard InChI is InChI=1S/C17H21N3OS2/c1-22-14-5-3-2-4-13(14)10-16(21)20-17-19-11-15(23-17)12-6-8-18-9-7-12/h2-5,11-12,18H,6-10H2,1H3,(H,19,20,21). The number of thioether (sulfide) groups is 1. The van der Waals surface area contributed by atoms with Crippen molar-refractivity contribution in [3.63, 3.8) is 0 Å². The van der Waals surface area contributed by atoms with E-state index in [0.29, 0.717) is 17.5 Å². The maximum absolute atomic E-state index is 12.3. The van der Waals surface area contributed by atoms with Gasteiger partial charge in [0.1, 0.15) is 0 Å². The lowest BCUT2D eigenvalue weighted by Gasteiger charge is -2.20. The van der Waals surface area contributed by atoms with E-state index < -0.39 is 0 Å². The number of nitrogens with zero attached hydrogens (tertiary/aromatic N) is 1. The number of rotatable bonds is 5. The van der Waals surface area contributed by atoms with Gasteiger partial charge in [0, 0.05) is 16.0 Å². The van der Waals surface area contributed by atoms with Crippen molar-refractivity contribution in [2.24, 2.45) is 0 Å². The lowest BCUT2D eigenvalue weighted by Crippen LogP contribution is -2.26. The lowest BCUT2D eigenvalue weighted by molar-refractivity contribution is -0.115. The number of thiazole rings is 1. The first-order chi connectivity index (χ1) is 11.3. The molecule has 3 rings (SSSR count). The zero-order valence-electron chi connectivity index (χ0n) is 13.2. The zero-order chi connectivity index (χ0) is 16.1. The number of benzene rings is 1. The molecule has 1 aromatic heterocycles. The van der Waals surface area contributed by atoms with Crippen molar-refractivity contribution in [3.8, 4) is 0 Å². The van der Waals surface area contributed by atoms with Gasteiger partial charge in [-0.05, 0) is 49.7 Å². The normalized spacial score (nSPS) is 15.5. The molecule has 23 heavy (non-hydrogen) atoms. The molecular formula is C17H21N3OS2. The third-order valence-electron chi connectivity index (χ3n) is 4.05. The zero-order valence-corrected chi connectivity index (χ0v) is 14.8. The fourth-order valence-corrected chi connectivity index (χ4v) is 4.44. The summed E-state index contributed by atoms with van der Waals surface area (Å²) >= 11 is 3.28. The Morgan fingerprint density at radius 2 is 2.17 bits per heavy atom. The number of hydrogen-bond acceptors (Lipinski definition) is 5. The number of amides is 1. The number of hydrogen-bond donors (Lipinski definition) is 2. The van der Waals surface area contributed by atoms with Crippen molar-refractivity contribution in [3.05, 3.63) is 40.9 Å². The van der Waals surface area contributed by atoms with Crippen molar-refractivity contribution in [1.29, 1.82) is 0 Å². The number of aromatic nitrogens is 1. The smallest absolute Gasteiger partial charge is 0.230 e. The fourth-order valence-electron chi connectivity index (χ4n) is 2.83. The first-order valence-corrected chi connectivity index (χ1v) is 9.88. The van der Waals surface area contributed by atoms with Crippen LogP contribution in [-0.2, 0) is 11.2 Å². The maximum Gasteiger partial charge on any atom is 0.230 e. The van der Waals surface area contributed by atoms with Crippen LogP contribution in [0, 0.1) is 0 Å². The first-order valence-electron chi connectivity index (χ1n) is 7.84. The summed E-state index contributed by atoms with van der Waals surface area (Å²) in [4.78, 5) is 19.1. The second-order valence-corrected chi connectivity index (χ2v) is 7.54. The van der Waals surface area contributed by atoms with Gasteiger partial charge < -0.3 is 10.6 Å². The van der Waals surface area contributed by atoms with Crippen LogP contribution < -0.4 is 10.6 Å². The third-order valence-corrected chi connectivity index (χ3v) is 5.97. The highest BCUT2D eigenvalue weighted by atomic mass is 32.2. The van der Waals surface area contributed by atoms with E-state index in [-0.39, 0.29) is 5.91 Å². The minimum atomic E-state index is -0.00212. The van der Waals surface area contributed by atoms with Crippen LogP contribution in [-0.4, -0.2) is 30.2 Å². The molecule has 1 amide bonds. The largest absolute Gasteiger partial charge is 0.317 e. The number of piperidine rings is 1. The number of nitrogens with one attached hydrogen (secondary N) is 2. The molecule has 0 atom stereocenters. The van der Waals surface area contributed by atoms with Gasteiger partial charge in [0.2, 0.25) is 5.91 Å². The Labute approximate surface area is 145 Å². The van der Waals surface area contributed by atoms with E-state index >= 15 is 0 Å². The highest BCUT2D eigenvalue weighted by molar-refractivity contribution is 7.98. The predicted octanol–water partition coefficient (Wildman–Crippen LogP) is 3.51. The Balaban J connectivity index is 1.60. The second-order valence-electron chi connectivity index (χ2n) is 5.63. The molecule has 122 valence electrons. The van der Waals surface area contributed by atoms with E-state index in [1.165, 1.54) is 4.88 Å². The van der Waals surface area contributed by atoms with Crippen molar-refractivity contribution < 1.29 is 4.79 Å². The van der Waals surface area contributed by atoms with Crippen LogP contribution in [0.15, 0.2) is 35.4 Å². The summed E-state index contributed by atoms with van der Waals surface area (Å²) in [5, 5.41) is 7.03. The molecule has 0 radical (unpaired) electrons. The Bertz CT molecular complexity index is 665. The minimum Gasteiger partial charge on any atom is -0.317 e. The highest BCUT2D eigenvalue weighted by Gasteiger charge is 2.18. The van der Waals surface area contributed by atoms with Gasteiger partial charge in [0.25, 0.3) is 0 Å². The Hall–Kier alpha value is -1.37. The van der Waals surface area contributed by atoms with Crippen LogP contribution in [0.2, 0.25) is 0 Å². The van der Waals surface area contributed by atoms with E-state index in [0.717, 1.165) is 36.4 Å². The van der Waals surface area contributed by atoms with E-state index in [9.17, 15) is 4.79 Å². The van der Waals surface area contributed by atoms with Crippen LogP contribution in [0.4, 0.5) is 5.13 Å². The molecule has 0 aliphatic carbocycles. The van der Waals surface area contributed by atoms with Gasteiger partial charge in [-0.3, -0.25) is 4.79 Å². The van der Waals surface area contributed by atoms with Gasteiger partial charge in [-0.1, -0.05) is 18.2 Å². The quantitative estimate of drug-likeness (QED) is 0.813. The van der Waals surface area contributed by atoms with Gasteiger partial charge in [-0.25, -0.2) is 4.98 Å². The average Bonchev–Trinajstić information content (AvgIpc) is 3.04. The van der Waals surface area contributed by atoms with Crippen molar-refractivity contribution >= 4 is 34.1 Å². The van der Waals surface area contributed by atoms with E-state index in [1.54, 1.807) is 23.1 Å². The molecule has 6 heteroatoms. The monoisotopic (exact) mass is 347 g/mol. The van der Waals surface area contributed by atoms with Crippen LogP contribution in [0.5, 0.6) is 0 Å². The van der Waals surface area contributed by atoms with Crippen LogP contribution >= 0.6 is 23.1 Å². The molecule has 1 aliphatic rings. The Morgan fingerprint density at radius 3 is 2.96 bits per heavy atom. The number of carbonyl (C=O) groups excluding carboxylic acids is 1. The van der Waals surface area contributed by atoms with Crippen molar-refractivity contribution in [1.82, 2.24) is 10.3 Å². The average molecular weight is 348 g/mol. The molecule has 2 aromatic rings. The van der Waals surface area contributed by atoms with E-state index in [1.807, 2.05) is 36.7 Å². The lowest BCUT2D eigenvalue weighted by atomic mass is 9.97. The van der Waals surface area contributed by atoms with Gasteiger partial charge in [-0.2, -0.15) is 0 Å². The summed E-state index contributed by atoms with van der Waals surface area (Å²) in [5.74, 6) is 0.578. The molecule has 0 unspecified atom stereocenters. The molecule has 4 nitrogen and oxygen atoms in total. The van der Waals surface area contributed by atoms with Gasteiger partial charge in [0.05, 0.1) is 6.42 Å². The second kappa shape index (κ2) is 7.95. The molecule has 2 N–H and O–H groups in total. The summed E-state index contributed by atoms with van der Waals surface area (Å²) in [6.45, 7) is 2.13. The predicted molar refractivity (Wildman–Crippen MR) is 97.5 cm³/mol. The first kappa shape index (κ1) is 16.5. The van der Waals surface area contributed by atoms with Gasteiger partial charge in [0.15, 0.2) is 5.13 Å². The molecule has 1 aliphatic heterocycles. The van der Waals surface area contributed by atoms with Crippen LogP contribution in [0.25, 0.3) is 0 Å². The molecule has 2 heterocycles. The molecule has 1 saturated heterocycles. The topological polar surface area (TPSA) is 54.0 Å². The molecule has 0 spiro atoms. The Kier molecular flexibility index (Phi) is 5.70. The van der Waals surface area contributed by atoms with Gasteiger partial charge >= 0.3 is 0 Å². The SMILES string of the molecule is CSc1ccccc1CC(=O)Nc1ncc(C2CCNCC2)s1. The molecule has 0 saturated carbocycles. The number of carbonyl (C=O) groups is 1. The van der Waals surface area contributed by atoms with Crippen LogP contribution in [0.1, 0.15) is 29.2 Å². The van der Waals surface area contributed by atoms with E-state index in [4.69, 9.17) is 0 Å². The minimum absolute atomic E-state index is 0.00212. The number of anilines is 1. The molecule has 0 bridgehead atoms. The fraction of sp³-hybridized carbons (Fsp3) is 0.412. The Morgan fingerprint density at radius 1 is 1.39 bits per heavy atom. The summed E-state index contributed by atoms with van der Waals surface area (Å²) < 4.78 is 0. The van der Waals surface area contributed by atoms with Crippen molar-refractivity contribution in [2.45, 2.75) is 30.1 Å². The molecule has 1 aromatic carbocycles. The summed E-state index contributed by atoms with van der Waals surface area (Å²) in [6.07, 6.45) is 6.64. The molecule has 1 fully saturated rings.